The number of aryl methyl sites for hydroxylation is 2. The van der Waals surface area contributed by atoms with Crippen molar-refractivity contribution in [2.45, 2.75) is 26.9 Å². The second kappa shape index (κ2) is 7.69. The molecule has 0 N–H and O–H groups in total. The number of ether oxygens (including phenoxy) is 1. The molecule has 4 nitrogen and oxygen atoms in total. The zero-order chi connectivity index (χ0) is 19.5. The molecule has 0 saturated heterocycles. The maximum Gasteiger partial charge on any atom is 0.357 e. The van der Waals surface area contributed by atoms with Gasteiger partial charge in [-0.05, 0) is 41.7 Å². The van der Waals surface area contributed by atoms with Crippen molar-refractivity contribution >= 4 is 11.6 Å². The Labute approximate surface area is 164 Å². The number of aromatic nitrogens is 2. The summed E-state index contributed by atoms with van der Waals surface area (Å²) in [5.74, 6) is -0.345. The fourth-order valence-corrected chi connectivity index (χ4v) is 3.30. The third-order valence-electron chi connectivity index (χ3n) is 4.80. The zero-order valence-electron chi connectivity index (χ0n) is 16.1. The van der Waals surface area contributed by atoms with Gasteiger partial charge >= 0.3 is 5.97 Å². The lowest BCUT2D eigenvalue weighted by Crippen LogP contribution is -2.11. The molecule has 4 heteroatoms. The Bertz CT molecular complexity index is 1110. The quantitative estimate of drug-likeness (QED) is 0.452. The highest BCUT2D eigenvalue weighted by atomic mass is 16.5. The first kappa shape index (κ1) is 18.0. The molecule has 0 saturated carbocycles. The molecule has 0 atom stereocenters. The fourth-order valence-electron chi connectivity index (χ4n) is 3.30. The van der Waals surface area contributed by atoms with Gasteiger partial charge < -0.3 is 4.74 Å². The van der Waals surface area contributed by atoms with Crippen molar-refractivity contribution < 1.29 is 9.53 Å². The van der Waals surface area contributed by atoms with E-state index in [1.807, 2.05) is 79.0 Å². The molecule has 0 unspecified atom stereocenters. The minimum absolute atomic E-state index is 0.232. The first-order chi connectivity index (χ1) is 13.7. The number of carbonyl (C=O) groups excluding carboxylic acids is 1. The van der Waals surface area contributed by atoms with E-state index in [0.717, 1.165) is 28.0 Å². The van der Waals surface area contributed by atoms with E-state index in [1.54, 1.807) is 0 Å². The highest BCUT2D eigenvalue weighted by molar-refractivity contribution is 5.90. The summed E-state index contributed by atoms with van der Waals surface area (Å²) >= 11 is 0. The molecular formula is C24H22N2O2. The molecule has 28 heavy (non-hydrogen) atoms. The van der Waals surface area contributed by atoms with Crippen molar-refractivity contribution in [2.75, 3.05) is 0 Å². The van der Waals surface area contributed by atoms with Crippen LogP contribution in [0.1, 0.15) is 34.2 Å². The van der Waals surface area contributed by atoms with Gasteiger partial charge in [-0.2, -0.15) is 0 Å². The molecule has 2 aromatic heterocycles. The molecule has 0 spiro atoms. The molecule has 4 aromatic rings. The van der Waals surface area contributed by atoms with Crippen LogP contribution in [0.25, 0.3) is 16.8 Å². The van der Waals surface area contributed by atoms with E-state index in [0.29, 0.717) is 12.1 Å². The van der Waals surface area contributed by atoms with Crippen LogP contribution in [0.2, 0.25) is 0 Å². The topological polar surface area (TPSA) is 43.6 Å². The SMILES string of the molecule is CCc1nc2ccc(C)cn2c1C(=O)OCc1ccc(-c2ccccc2)cc1. The lowest BCUT2D eigenvalue weighted by Gasteiger charge is -2.08. The number of pyridine rings is 1. The molecule has 0 aliphatic carbocycles. The van der Waals surface area contributed by atoms with Gasteiger partial charge in [0.05, 0.1) is 5.69 Å². The molecule has 0 bridgehead atoms. The Hall–Kier alpha value is -3.40. The van der Waals surface area contributed by atoms with Gasteiger partial charge in [-0.15, -0.1) is 0 Å². The monoisotopic (exact) mass is 370 g/mol. The number of fused-ring (bicyclic) bond motifs is 1. The van der Waals surface area contributed by atoms with Gasteiger partial charge in [-0.25, -0.2) is 9.78 Å². The zero-order valence-corrected chi connectivity index (χ0v) is 16.1. The van der Waals surface area contributed by atoms with E-state index in [2.05, 4.69) is 17.1 Å². The Morgan fingerprint density at radius 3 is 2.39 bits per heavy atom. The maximum absolute atomic E-state index is 12.8. The van der Waals surface area contributed by atoms with Crippen molar-refractivity contribution in [3.05, 3.63) is 95.4 Å². The average molecular weight is 370 g/mol. The highest BCUT2D eigenvalue weighted by Gasteiger charge is 2.19. The van der Waals surface area contributed by atoms with Crippen LogP contribution < -0.4 is 0 Å². The second-order valence-electron chi connectivity index (χ2n) is 6.83. The van der Waals surface area contributed by atoms with E-state index in [1.165, 1.54) is 5.56 Å². The molecule has 0 fully saturated rings. The summed E-state index contributed by atoms with van der Waals surface area (Å²) in [5.41, 5.74) is 6.37. The van der Waals surface area contributed by atoms with Crippen LogP contribution in [0.3, 0.4) is 0 Å². The van der Waals surface area contributed by atoms with E-state index in [9.17, 15) is 4.79 Å². The van der Waals surface area contributed by atoms with E-state index in [-0.39, 0.29) is 12.6 Å². The number of carbonyl (C=O) groups is 1. The van der Waals surface area contributed by atoms with Gasteiger partial charge in [0, 0.05) is 6.20 Å². The van der Waals surface area contributed by atoms with Crippen molar-refractivity contribution in [3.63, 3.8) is 0 Å². The van der Waals surface area contributed by atoms with Gasteiger partial charge in [0.2, 0.25) is 0 Å². The molecule has 0 aliphatic rings. The Kier molecular flexibility index (Phi) is 4.94. The lowest BCUT2D eigenvalue weighted by atomic mass is 10.0. The second-order valence-corrected chi connectivity index (χ2v) is 6.83. The number of hydrogen-bond acceptors (Lipinski definition) is 3. The summed E-state index contributed by atoms with van der Waals surface area (Å²) in [6, 6.07) is 22.2. The first-order valence-corrected chi connectivity index (χ1v) is 9.45. The summed E-state index contributed by atoms with van der Waals surface area (Å²) in [5, 5.41) is 0. The molecule has 140 valence electrons. The van der Waals surface area contributed by atoms with Gasteiger partial charge in [0.15, 0.2) is 5.69 Å². The Balaban J connectivity index is 1.52. The standard InChI is InChI=1S/C24H22N2O2/c1-3-21-23(26-15-17(2)9-14-22(26)25-21)24(27)28-16-18-10-12-20(13-11-18)19-7-5-4-6-8-19/h4-15H,3,16H2,1-2H3. The van der Waals surface area contributed by atoms with Crippen LogP contribution in [-0.2, 0) is 17.8 Å². The number of benzene rings is 2. The predicted molar refractivity (Wildman–Crippen MR) is 110 cm³/mol. The summed E-state index contributed by atoms with van der Waals surface area (Å²) in [7, 11) is 0. The van der Waals surface area contributed by atoms with Crippen LogP contribution in [-0.4, -0.2) is 15.4 Å². The molecule has 2 aromatic carbocycles. The minimum Gasteiger partial charge on any atom is -0.456 e. The maximum atomic E-state index is 12.8. The third kappa shape index (κ3) is 3.54. The van der Waals surface area contributed by atoms with Crippen LogP contribution in [0.15, 0.2) is 72.9 Å². The van der Waals surface area contributed by atoms with Crippen LogP contribution in [0.4, 0.5) is 0 Å². The number of hydrogen-bond donors (Lipinski definition) is 0. The molecule has 2 heterocycles. The van der Waals surface area contributed by atoms with Crippen molar-refractivity contribution in [1.29, 1.82) is 0 Å². The summed E-state index contributed by atoms with van der Waals surface area (Å²) < 4.78 is 7.44. The molecule has 4 rings (SSSR count). The van der Waals surface area contributed by atoms with Crippen molar-refractivity contribution in [2.24, 2.45) is 0 Å². The van der Waals surface area contributed by atoms with E-state index < -0.39 is 0 Å². The Morgan fingerprint density at radius 2 is 1.68 bits per heavy atom. The normalized spacial score (nSPS) is 10.9. The lowest BCUT2D eigenvalue weighted by molar-refractivity contribution is 0.0463. The summed E-state index contributed by atoms with van der Waals surface area (Å²) in [4.78, 5) is 17.3. The molecule has 0 radical (unpaired) electrons. The van der Waals surface area contributed by atoms with Gasteiger partial charge in [-0.1, -0.05) is 67.6 Å². The average Bonchev–Trinajstić information content (AvgIpc) is 3.11. The third-order valence-corrected chi connectivity index (χ3v) is 4.80. The van der Waals surface area contributed by atoms with E-state index in [4.69, 9.17) is 4.74 Å². The molecule has 0 aliphatic heterocycles. The highest BCUT2D eigenvalue weighted by Crippen LogP contribution is 2.20. The number of nitrogens with zero attached hydrogens (tertiary/aromatic N) is 2. The van der Waals surface area contributed by atoms with Gasteiger partial charge in [0.1, 0.15) is 12.3 Å². The minimum atomic E-state index is -0.345. The van der Waals surface area contributed by atoms with Crippen LogP contribution in [0, 0.1) is 6.92 Å². The van der Waals surface area contributed by atoms with E-state index >= 15 is 0 Å². The number of rotatable bonds is 5. The smallest absolute Gasteiger partial charge is 0.357 e. The van der Waals surface area contributed by atoms with Gasteiger partial charge in [0.25, 0.3) is 0 Å². The number of esters is 1. The van der Waals surface area contributed by atoms with Crippen LogP contribution >= 0.6 is 0 Å². The van der Waals surface area contributed by atoms with Gasteiger partial charge in [-0.3, -0.25) is 4.40 Å². The van der Waals surface area contributed by atoms with Crippen molar-refractivity contribution in [1.82, 2.24) is 9.38 Å². The first-order valence-electron chi connectivity index (χ1n) is 9.45. The number of imidazole rings is 1. The molecule has 0 amide bonds. The fraction of sp³-hybridized carbons (Fsp3) is 0.167. The van der Waals surface area contributed by atoms with Crippen molar-refractivity contribution in [3.8, 4) is 11.1 Å². The largest absolute Gasteiger partial charge is 0.456 e. The molecular weight excluding hydrogens is 348 g/mol. The predicted octanol–water partition coefficient (Wildman–Crippen LogP) is 5.23. The van der Waals surface area contributed by atoms with Crippen LogP contribution in [0.5, 0.6) is 0 Å². The Morgan fingerprint density at radius 1 is 0.964 bits per heavy atom. The summed E-state index contributed by atoms with van der Waals surface area (Å²) in [6.07, 6.45) is 2.60. The summed E-state index contributed by atoms with van der Waals surface area (Å²) in [6.45, 7) is 4.22.